The lowest BCUT2D eigenvalue weighted by atomic mass is 9.77. The summed E-state index contributed by atoms with van der Waals surface area (Å²) in [6.45, 7) is 1.05. The predicted octanol–water partition coefficient (Wildman–Crippen LogP) is 3.60. The zero-order valence-corrected chi connectivity index (χ0v) is 19.7. The highest BCUT2D eigenvalue weighted by atomic mass is 19.4. The van der Waals surface area contributed by atoms with Crippen LogP contribution >= 0.6 is 0 Å². The zero-order chi connectivity index (χ0) is 25.9. The number of rotatable bonds is 6. The molecule has 1 aliphatic carbocycles. The van der Waals surface area contributed by atoms with E-state index in [2.05, 4.69) is 15.5 Å². The summed E-state index contributed by atoms with van der Waals surface area (Å²) in [7, 11) is 0. The number of amides is 2. The Morgan fingerprint density at radius 2 is 1.78 bits per heavy atom. The third kappa shape index (κ3) is 6.04. The van der Waals surface area contributed by atoms with E-state index in [9.17, 15) is 32.3 Å². The van der Waals surface area contributed by atoms with Gasteiger partial charge in [0.05, 0.1) is 17.7 Å². The van der Waals surface area contributed by atoms with Crippen LogP contribution in [0.4, 0.5) is 17.6 Å². The first-order valence-electron chi connectivity index (χ1n) is 12.0. The summed E-state index contributed by atoms with van der Waals surface area (Å²) in [5.74, 6) is -1.57. The molecule has 2 fully saturated rings. The van der Waals surface area contributed by atoms with E-state index in [1.165, 1.54) is 12.1 Å². The molecule has 0 aromatic heterocycles. The Bertz CT molecular complexity index is 1100. The van der Waals surface area contributed by atoms with E-state index in [0.717, 1.165) is 31.2 Å². The van der Waals surface area contributed by atoms with Gasteiger partial charge in [-0.3, -0.25) is 14.5 Å². The number of hydrogen-bond donors (Lipinski definition) is 3. The van der Waals surface area contributed by atoms with Crippen molar-refractivity contribution in [2.75, 3.05) is 19.6 Å². The highest BCUT2D eigenvalue weighted by Crippen LogP contribution is 2.40. The van der Waals surface area contributed by atoms with Gasteiger partial charge in [0.2, 0.25) is 5.91 Å². The Balaban J connectivity index is 1.22. The van der Waals surface area contributed by atoms with Crippen LogP contribution in [-0.2, 0) is 16.6 Å². The molecule has 4 rings (SSSR count). The van der Waals surface area contributed by atoms with Crippen LogP contribution in [0.25, 0.3) is 0 Å². The van der Waals surface area contributed by atoms with Gasteiger partial charge < -0.3 is 15.7 Å². The number of nitrogens with zero attached hydrogens (tertiary/aromatic N) is 1. The molecule has 0 spiro atoms. The molecule has 10 heteroatoms. The molecule has 6 nitrogen and oxygen atoms in total. The molecule has 0 radical (unpaired) electrons. The van der Waals surface area contributed by atoms with Crippen LogP contribution in [0.1, 0.15) is 53.6 Å². The largest absolute Gasteiger partial charge is 0.416 e. The van der Waals surface area contributed by atoms with Crippen molar-refractivity contribution in [3.05, 3.63) is 71.0 Å². The lowest BCUT2D eigenvalue weighted by Gasteiger charge is -2.40. The number of halogens is 4. The second-order valence-corrected chi connectivity index (χ2v) is 9.55. The van der Waals surface area contributed by atoms with E-state index in [1.807, 2.05) is 0 Å². The molecule has 2 aromatic carbocycles. The molecule has 1 atom stereocenters. The fourth-order valence-corrected chi connectivity index (χ4v) is 5.17. The molecular formula is C26H29F4N3O3. The number of carbonyl (C=O) groups excluding carboxylic acids is 2. The molecule has 3 N–H and O–H groups in total. The topological polar surface area (TPSA) is 81.7 Å². The standard InChI is InChI=1S/C26H29F4N3O3/c27-22-7-2-1-6-21(22)25(36)11-8-20(9-12-25)33-13-10-19(16-33)32-23(34)15-31-24(35)17-4-3-5-18(14-17)26(28,29)30/h1-7,14,19-20,36H,8-13,15-16H2,(H,31,35)(H,32,34)/t19-,20?,25?/m1/s1. The van der Waals surface area contributed by atoms with Crippen molar-refractivity contribution in [2.24, 2.45) is 0 Å². The van der Waals surface area contributed by atoms with Gasteiger partial charge in [-0.1, -0.05) is 24.3 Å². The Kier molecular flexibility index (Phi) is 7.65. The minimum atomic E-state index is -4.56. The second-order valence-electron chi connectivity index (χ2n) is 9.55. The van der Waals surface area contributed by atoms with Gasteiger partial charge in [-0.05, 0) is 56.4 Å². The fraction of sp³-hybridized carbons (Fsp3) is 0.462. The number of carbonyl (C=O) groups is 2. The summed E-state index contributed by atoms with van der Waals surface area (Å²) in [5.41, 5.74) is -1.94. The van der Waals surface area contributed by atoms with Gasteiger partial charge in [-0.25, -0.2) is 4.39 Å². The molecule has 2 amide bonds. The van der Waals surface area contributed by atoms with Crippen LogP contribution in [0.5, 0.6) is 0 Å². The molecule has 0 unspecified atom stereocenters. The highest BCUT2D eigenvalue weighted by Gasteiger charge is 2.39. The van der Waals surface area contributed by atoms with Crippen LogP contribution < -0.4 is 10.6 Å². The van der Waals surface area contributed by atoms with Gasteiger partial charge in [0.25, 0.3) is 5.91 Å². The Morgan fingerprint density at radius 1 is 1.06 bits per heavy atom. The summed E-state index contributed by atoms with van der Waals surface area (Å²) in [4.78, 5) is 26.8. The minimum Gasteiger partial charge on any atom is -0.385 e. The van der Waals surface area contributed by atoms with E-state index < -0.39 is 35.0 Å². The zero-order valence-electron chi connectivity index (χ0n) is 19.7. The maximum absolute atomic E-state index is 14.2. The number of alkyl halides is 3. The van der Waals surface area contributed by atoms with E-state index in [0.29, 0.717) is 37.8 Å². The summed E-state index contributed by atoms with van der Waals surface area (Å²) in [6.07, 6.45) is -1.52. The quantitative estimate of drug-likeness (QED) is 0.522. The second kappa shape index (κ2) is 10.6. The molecular weight excluding hydrogens is 478 g/mol. The normalized spacial score (nSPS) is 24.9. The third-order valence-electron chi connectivity index (χ3n) is 7.12. The van der Waals surface area contributed by atoms with Crippen molar-refractivity contribution in [1.29, 1.82) is 0 Å². The first-order chi connectivity index (χ1) is 17.0. The Hall–Kier alpha value is -2.98. The number of hydrogen-bond acceptors (Lipinski definition) is 4. The first-order valence-corrected chi connectivity index (χ1v) is 12.0. The van der Waals surface area contributed by atoms with Gasteiger partial charge in [-0.2, -0.15) is 13.2 Å². The van der Waals surface area contributed by atoms with Crippen LogP contribution in [0.3, 0.4) is 0 Å². The van der Waals surface area contributed by atoms with Crippen molar-refractivity contribution in [2.45, 2.75) is 56.0 Å². The fourth-order valence-electron chi connectivity index (χ4n) is 5.17. The van der Waals surface area contributed by atoms with Crippen molar-refractivity contribution < 1.29 is 32.3 Å². The van der Waals surface area contributed by atoms with Crippen LogP contribution in [0.15, 0.2) is 48.5 Å². The van der Waals surface area contributed by atoms with Crippen LogP contribution in [-0.4, -0.2) is 53.5 Å². The van der Waals surface area contributed by atoms with Gasteiger partial charge in [0, 0.05) is 36.3 Å². The van der Waals surface area contributed by atoms with E-state index in [-0.39, 0.29) is 24.2 Å². The Morgan fingerprint density at radius 3 is 2.47 bits per heavy atom. The van der Waals surface area contributed by atoms with Crippen LogP contribution in [0, 0.1) is 5.82 Å². The Labute approximate surface area is 206 Å². The van der Waals surface area contributed by atoms with Gasteiger partial charge in [0.15, 0.2) is 0 Å². The molecule has 194 valence electrons. The van der Waals surface area contributed by atoms with E-state index in [4.69, 9.17) is 0 Å². The summed E-state index contributed by atoms with van der Waals surface area (Å²) < 4.78 is 52.7. The average Bonchev–Trinajstić information content (AvgIpc) is 3.31. The number of nitrogens with one attached hydrogen (secondary N) is 2. The maximum Gasteiger partial charge on any atom is 0.416 e. The van der Waals surface area contributed by atoms with Gasteiger partial charge in [-0.15, -0.1) is 0 Å². The van der Waals surface area contributed by atoms with Gasteiger partial charge in [0.1, 0.15) is 5.82 Å². The molecule has 1 aliphatic heterocycles. The van der Waals surface area contributed by atoms with Crippen molar-refractivity contribution in [1.82, 2.24) is 15.5 Å². The number of benzene rings is 2. The smallest absolute Gasteiger partial charge is 0.385 e. The van der Waals surface area contributed by atoms with Crippen LogP contribution in [0.2, 0.25) is 0 Å². The number of aliphatic hydroxyl groups is 1. The monoisotopic (exact) mass is 507 g/mol. The molecule has 0 bridgehead atoms. The first kappa shape index (κ1) is 26.1. The molecule has 1 heterocycles. The molecule has 2 aliphatic rings. The average molecular weight is 508 g/mol. The molecule has 1 saturated heterocycles. The maximum atomic E-state index is 14.2. The molecule has 36 heavy (non-hydrogen) atoms. The van der Waals surface area contributed by atoms with E-state index >= 15 is 0 Å². The molecule has 2 aromatic rings. The number of likely N-dealkylation sites (tertiary alicyclic amines) is 1. The minimum absolute atomic E-state index is 0.115. The van der Waals surface area contributed by atoms with Gasteiger partial charge >= 0.3 is 6.18 Å². The summed E-state index contributed by atoms with van der Waals surface area (Å²) in [6, 6.07) is 10.4. The third-order valence-corrected chi connectivity index (χ3v) is 7.12. The summed E-state index contributed by atoms with van der Waals surface area (Å²) in [5, 5.41) is 16.2. The van der Waals surface area contributed by atoms with Crippen molar-refractivity contribution >= 4 is 11.8 Å². The van der Waals surface area contributed by atoms with Crippen molar-refractivity contribution in [3.8, 4) is 0 Å². The highest BCUT2D eigenvalue weighted by molar-refractivity contribution is 5.96. The predicted molar refractivity (Wildman–Crippen MR) is 124 cm³/mol. The molecule has 1 saturated carbocycles. The SMILES string of the molecule is O=C(CNC(=O)c1cccc(C(F)(F)F)c1)N[C@@H]1CCN(C2CCC(O)(c3ccccc3F)CC2)C1. The summed E-state index contributed by atoms with van der Waals surface area (Å²) >= 11 is 0. The van der Waals surface area contributed by atoms with Crippen molar-refractivity contribution in [3.63, 3.8) is 0 Å². The lowest BCUT2D eigenvalue weighted by molar-refractivity contribution is -0.137. The lowest BCUT2D eigenvalue weighted by Crippen LogP contribution is -2.45. The van der Waals surface area contributed by atoms with E-state index in [1.54, 1.807) is 18.2 Å².